The van der Waals surface area contributed by atoms with E-state index < -0.39 is 12.0 Å². The van der Waals surface area contributed by atoms with E-state index in [-0.39, 0.29) is 6.10 Å². The summed E-state index contributed by atoms with van der Waals surface area (Å²) < 4.78 is 6.63. The zero-order valence-corrected chi connectivity index (χ0v) is 9.07. The van der Waals surface area contributed by atoms with Gasteiger partial charge in [-0.1, -0.05) is 5.10 Å². The standard InChI is InChI=1S/C8H13N5O3/c1-12-8(9-10-11-12)13-4-5(16-2)3-6(13)7(14)15/h5-6H,3-4H2,1-2H3,(H,14,15). The van der Waals surface area contributed by atoms with Crippen molar-refractivity contribution in [1.29, 1.82) is 0 Å². The second-order valence-electron chi connectivity index (χ2n) is 3.70. The van der Waals surface area contributed by atoms with Crippen molar-refractivity contribution in [3.63, 3.8) is 0 Å². The summed E-state index contributed by atoms with van der Waals surface area (Å²) in [7, 11) is 3.25. The maximum absolute atomic E-state index is 11.1. The van der Waals surface area contributed by atoms with Crippen molar-refractivity contribution < 1.29 is 14.6 Å². The summed E-state index contributed by atoms with van der Waals surface area (Å²) in [5, 5.41) is 20.1. The lowest BCUT2D eigenvalue weighted by atomic mass is 10.2. The van der Waals surface area contributed by atoms with Crippen molar-refractivity contribution in [2.45, 2.75) is 18.6 Å². The Balaban J connectivity index is 2.25. The first-order valence-electron chi connectivity index (χ1n) is 4.88. The van der Waals surface area contributed by atoms with Gasteiger partial charge >= 0.3 is 5.97 Å². The van der Waals surface area contributed by atoms with E-state index >= 15 is 0 Å². The maximum Gasteiger partial charge on any atom is 0.326 e. The quantitative estimate of drug-likeness (QED) is 0.699. The van der Waals surface area contributed by atoms with Crippen molar-refractivity contribution in [2.24, 2.45) is 7.05 Å². The topological polar surface area (TPSA) is 93.4 Å². The minimum atomic E-state index is -0.887. The van der Waals surface area contributed by atoms with Crippen LogP contribution in [0.25, 0.3) is 0 Å². The fourth-order valence-electron chi connectivity index (χ4n) is 1.89. The minimum absolute atomic E-state index is 0.0993. The normalized spacial score (nSPS) is 25.0. The Morgan fingerprint density at radius 2 is 2.38 bits per heavy atom. The third-order valence-corrected chi connectivity index (χ3v) is 2.74. The van der Waals surface area contributed by atoms with Crippen LogP contribution in [0.5, 0.6) is 0 Å². The largest absolute Gasteiger partial charge is 0.480 e. The van der Waals surface area contributed by atoms with Crippen LogP contribution >= 0.6 is 0 Å². The Kier molecular flexibility index (Phi) is 2.73. The smallest absolute Gasteiger partial charge is 0.326 e. The fraction of sp³-hybridized carbons (Fsp3) is 0.750. The maximum atomic E-state index is 11.1. The van der Waals surface area contributed by atoms with Crippen LogP contribution in [0.1, 0.15) is 6.42 Å². The van der Waals surface area contributed by atoms with E-state index in [4.69, 9.17) is 9.84 Å². The van der Waals surface area contributed by atoms with Crippen LogP contribution in [0, 0.1) is 0 Å². The van der Waals surface area contributed by atoms with Crippen molar-refractivity contribution in [2.75, 3.05) is 18.6 Å². The van der Waals surface area contributed by atoms with Gasteiger partial charge in [0.25, 0.3) is 0 Å². The molecule has 0 radical (unpaired) electrons. The van der Waals surface area contributed by atoms with Gasteiger partial charge in [0.2, 0.25) is 5.95 Å². The number of rotatable bonds is 3. The highest BCUT2D eigenvalue weighted by Gasteiger charge is 2.39. The third-order valence-electron chi connectivity index (χ3n) is 2.74. The molecule has 1 fully saturated rings. The van der Waals surface area contributed by atoms with E-state index in [1.54, 1.807) is 19.1 Å². The number of tetrazole rings is 1. The number of carboxylic acid groups (broad SMARTS) is 1. The monoisotopic (exact) mass is 227 g/mol. The van der Waals surface area contributed by atoms with E-state index in [0.717, 1.165) is 0 Å². The molecule has 1 aromatic heterocycles. The van der Waals surface area contributed by atoms with Gasteiger partial charge in [-0.05, 0) is 10.4 Å². The molecule has 88 valence electrons. The highest BCUT2D eigenvalue weighted by molar-refractivity contribution is 5.78. The molecule has 0 aliphatic carbocycles. The SMILES string of the molecule is COC1CC(C(=O)O)N(c2nnnn2C)C1. The second-order valence-corrected chi connectivity index (χ2v) is 3.70. The first-order valence-corrected chi connectivity index (χ1v) is 4.88. The predicted octanol–water partition coefficient (Wildman–Crippen LogP) is -1.11. The number of nitrogens with zero attached hydrogens (tertiary/aromatic N) is 5. The number of aromatic nitrogens is 4. The van der Waals surface area contributed by atoms with Crippen LogP contribution in [-0.4, -0.2) is 57.1 Å². The molecule has 1 saturated heterocycles. The van der Waals surface area contributed by atoms with Crippen LogP contribution in [0.3, 0.4) is 0 Å². The molecule has 8 heteroatoms. The van der Waals surface area contributed by atoms with Crippen LogP contribution in [0.4, 0.5) is 5.95 Å². The van der Waals surface area contributed by atoms with E-state index in [0.29, 0.717) is 18.9 Å². The van der Waals surface area contributed by atoms with Gasteiger partial charge in [-0.2, -0.15) is 0 Å². The number of anilines is 1. The van der Waals surface area contributed by atoms with Gasteiger partial charge in [-0.25, -0.2) is 9.48 Å². The Morgan fingerprint density at radius 1 is 1.62 bits per heavy atom. The number of carbonyl (C=O) groups is 1. The summed E-state index contributed by atoms with van der Waals surface area (Å²) in [6, 6.07) is -0.630. The number of hydrogen-bond donors (Lipinski definition) is 1. The van der Waals surface area contributed by atoms with Gasteiger partial charge in [0.15, 0.2) is 0 Å². The van der Waals surface area contributed by atoms with Gasteiger partial charge in [0, 0.05) is 27.1 Å². The minimum Gasteiger partial charge on any atom is -0.480 e. The molecular formula is C8H13N5O3. The summed E-state index contributed by atoms with van der Waals surface area (Å²) in [6.45, 7) is 0.488. The van der Waals surface area contributed by atoms with Gasteiger partial charge < -0.3 is 14.7 Å². The van der Waals surface area contributed by atoms with E-state index in [2.05, 4.69) is 15.5 Å². The van der Waals surface area contributed by atoms with Gasteiger partial charge in [0.05, 0.1) is 6.10 Å². The summed E-state index contributed by atoms with van der Waals surface area (Å²) in [5.41, 5.74) is 0. The number of carboxylic acids is 1. The molecule has 1 aromatic rings. The molecule has 0 spiro atoms. The molecule has 1 N–H and O–H groups in total. The summed E-state index contributed by atoms with van der Waals surface area (Å²) in [6.07, 6.45) is 0.344. The molecule has 8 nitrogen and oxygen atoms in total. The van der Waals surface area contributed by atoms with Crippen molar-refractivity contribution >= 4 is 11.9 Å². The van der Waals surface area contributed by atoms with Crippen LogP contribution in [0.2, 0.25) is 0 Å². The highest BCUT2D eigenvalue weighted by Crippen LogP contribution is 2.24. The lowest BCUT2D eigenvalue weighted by Gasteiger charge is -2.20. The Bertz CT molecular complexity index is 393. The molecule has 2 atom stereocenters. The average molecular weight is 227 g/mol. The molecule has 0 amide bonds. The number of methoxy groups -OCH3 is 1. The number of aliphatic carboxylic acids is 1. The highest BCUT2D eigenvalue weighted by atomic mass is 16.5. The molecule has 2 heterocycles. The second kappa shape index (κ2) is 4.05. The van der Waals surface area contributed by atoms with Crippen LogP contribution < -0.4 is 4.90 Å². The van der Waals surface area contributed by atoms with Crippen LogP contribution in [-0.2, 0) is 16.6 Å². The van der Waals surface area contributed by atoms with E-state index in [1.807, 2.05) is 0 Å². The fourth-order valence-corrected chi connectivity index (χ4v) is 1.89. The molecule has 2 rings (SSSR count). The molecule has 0 saturated carbocycles. The lowest BCUT2D eigenvalue weighted by molar-refractivity contribution is -0.138. The average Bonchev–Trinajstić information content (AvgIpc) is 2.82. The summed E-state index contributed by atoms with van der Waals surface area (Å²) in [4.78, 5) is 12.8. The Hall–Kier alpha value is -1.70. The Labute approximate surface area is 91.8 Å². The molecule has 0 aromatic carbocycles. The molecule has 1 aliphatic heterocycles. The lowest BCUT2D eigenvalue weighted by Crippen LogP contribution is -2.37. The molecule has 1 aliphatic rings. The van der Waals surface area contributed by atoms with Crippen molar-refractivity contribution in [3.8, 4) is 0 Å². The summed E-state index contributed by atoms with van der Waals surface area (Å²) in [5.74, 6) is -0.436. The predicted molar refractivity (Wildman–Crippen MR) is 53.0 cm³/mol. The van der Waals surface area contributed by atoms with Crippen molar-refractivity contribution in [3.05, 3.63) is 0 Å². The molecular weight excluding hydrogens is 214 g/mol. The number of ether oxygens (including phenoxy) is 1. The zero-order chi connectivity index (χ0) is 11.7. The third kappa shape index (κ3) is 1.71. The van der Waals surface area contributed by atoms with E-state index in [9.17, 15) is 4.79 Å². The molecule has 0 bridgehead atoms. The first kappa shape index (κ1) is 10.8. The van der Waals surface area contributed by atoms with Crippen molar-refractivity contribution in [1.82, 2.24) is 20.2 Å². The molecule has 2 unspecified atom stereocenters. The summed E-state index contributed by atoms with van der Waals surface area (Å²) >= 11 is 0. The zero-order valence-electron chi connectivity index (χ0n) is 9.07. The Morgan fingerprint density at radius 3 is 2.88 bits per heavy atom. The number of aryl methyl sites for hydroxylation is 1. The van der Waals surface area contributed by atoms with Gasteiger partial charge in [-0.15, -0.1) is 0 Å². The number of hydrogen-bond acceptors (Lipinski definition) is 6. The van der Waals surface area contributed by atoms with Crippen LogP contribution in [0.15, 0.2) is 0 Å². The van der Waals surface area contributed by atoms with Gasteiger partial charge in [-0.3, -0.25) is 0 Å². The first-order chi connectivity index (χ1) is 7.63. The molecule has 16 heavy (non-hydrogen) atoms. The van der Waals surface area contributed by atoms with Gasteiger partial charge in [0.1, 0.15) is 6.04 Å². The van der Waals surface area contributed by atoms with E-state index in [1.165, 1.54) is 4.68 Å².